The summed E-state index contributed by atoms with van der Waals surface area (Å²) in [6.45, 7) is 7.01. The van der Waals surface area contributed by atoms with Crippen molar-refractivity contribution in [2.45, 2.75) is 45.1 Å². The Morgan fingerprint density at radius 1 is 1.35 bits per heavy atom. The van der Waals surface area contributed by atoms with Crippen molar-refractivity contribution in [1.82, 2.24) is 19.3 Å². The van der Waals surface area contributed by atoms with E-state index in [-0.39, 0.29) is 6.09 Å². The summed E-state index contributed by atoms with van der Waals surface area (Å²) in [5.74, 6) is 0.762. The Morgan fingerprint density at radius 3 is 2.65 bits per heavy atom. The largest absolute Gasteiger partial charge is 0.444 e. The Bertz CT molecular complexity index is 711. The fourth-order valence-electron chi connectivity index (χ4n) is 2.84. The van der Waals surface area contributed by atoms with Gasteiger partial charge >= 0.3 is 6.09 Å². The Balaban J connectivity index is 1.66. The molecule has 0 spiro atoms. The van der Waals surface area contributed by atoms with Crippen LogP contribution in [0, 0.1) is 0 Å². The third kappa shape index (κ3) is 3.38. The van der Waals surface area contributed by atoms with Gasteiger partial charge in [0.1, 0.15) is 5.60 Å². The number of amides is 1. The molecular formula is C16H23N5O2. The zero-order valence-electron chi connectivity index (χ0n) is 13.8. The van der Waals surface area contributed by atoms with Crippen LogP contribution in [0.3, 0.4) is 0 Å². The Morgan fingerprint density at radius 2 is 2.04 bits per heavy atom. The zero-order chi connectivity index (χ0) is 16.6. The van der Waals surface area contributed by atoms with Crippen LogP contribution in [0.15, 0.2) is 18.6 Å². The van der Waals surface area contributed by atoms with E-state index in [2.05, 4.69) is 9.97 Å². The van der Waals surface area contributed by atoms with E-state index in [1.165, 1.54) is 0 Å². The molecule has 0 radical (unpaired) electrons. The minimum atomic E-state index is -0.458. The van der Waals surface area contributed by atoms with Crippen molar-refractivity contribution in [3.63, 3.8) is 0 Å². The normalized spacial score (nSPS) is 16.7. The third-order valence-corrected chi connectivity index (χ3v) is 3.99. The molecule has 7 heteroatoms. The number of fused-ring (bicyclic) bond motifs is 1. The molecule has 2 aromatic heterocycles. The number of rotatable bonds is 1. The highest BCUT2D eigenvalue weighted by Gasteiger charge is 2.28. The first-order chi connectivity index (χ1) is 10.8. The first kappa shape index (κ1) is 15.6. The number of imidazole rings is 1. The number of hydrogen-bond donors (Lipinski definition) is 1. The number of carbonyl (C=O) groups excluding carboxylic acids is 1. The van der Waals surface area contributed by atoms with E-state index < -0.39 is 5.60 Å². The van der Waals surface area contributed by atoms with Gasteiger partial charge in [0, 0.05) is 37.6 Å². The fraction of sp³-hybridized carbons (Fsp3) is 0.562. The molecule has 3 rings (SSSR count). The van der Waals surface area contributed by atoms with Gasteiger partial charge in [-0.2, -0.15) is 0 Å². The molecule has 2 N–H and O–H groups in total. The number of nitrogens with two attached hydrogens (primary N) is 1. The van der Waals surface area contributed by atoms with Crippen LogP contribution in [0.5, 0.6) is 0 Å². The van der Waals surface area contributed by atoms with Crippen molar-refractivity contribution in [2.24, 2.45) is 0 Å². The number of nitrogen functional groups attached to an aromatic ring is 1. The van der Waals surface area contributed by atoms with Crippen molar-refractivity contribution in [3.8, 4) is 0 Å². The molecule has 0 atom stereocenters. The van der Waals surface area contributed by atoms with Gasteiger partial charge in [-0.1, -0.05) is 0 Å². The highest BCUT2D eigenvalue weighted by Crippen LogP contribution is 2.28. The van der Waals surface area contributed by atoms with Gasteiger partial charge in [-0.05, 0) is 33.6 Å². The van der Waals surface area contributed by atoms with Crippen molar-refractivity contribution in [3.05, 3.63) is 24.3 Å². The highest BCUT2D eigenvalue weighted by atomic mass is 16.6. The minimum absolute atomic E-state index is 0.237. The Hall–Kier alpha value is -2.31. The van der Waals surface area contributed by atoms with Crippen LogP contribution in [0.1, 0.15) is 45.2 Å². The first-order valence-electron chi connectivity index (χ1n) is 7.90. The fourth-order valence-corrected chi connectivity index (χ4v) is 2.84. The SMILES string of the molecule is CC(C)(C)OC(=O)N1CCC(c2cn3ccnc(N)c3n2)CC1. The maximum Gasteiger partial charge on any atom is 0.410 e. The second kappa shape index (κ2) is 5.72. The quantitative estimate of drug-likeness (QED) is 0.873. The standard InChI is InChI=1S/C16H23N5O2/c1-16(2,3)23-15(22)20-7-4-11(5-8-20)12-10-21-9-6-18-13(17)14(21)19-12/h6,9-11H,4-5,7-8H2,1-3H3,(H2,17,18). The number of aromatic nitrogens is 3. The van der Waals surface area contributed by atoms with Crippen LogP contribution in [0.4, 0.5) is 10.6 Å². The van der Waals surface area contributed by atoms with E-state index in [1.807, 2.05) is 37.6 Å². The summed E-state index contributed by atoms with van der Waals surface area (Å²) in [7, 11) is 0. The molecule has 0 aliphatic carbocycles. The Labute approximate surface area is 135 Å². The highest BCUT2D eigenvalue weighted by molar-refractivity contribution is 5.68. The van der Waals surface area contributed by atoms with Gasteiger partial charge in [-0.3, -0.25) is 0 Å². The number of nitrogens with zero attached hydrogens (tertiary/aromatic N) is 4. The zero-order valence-corrected chi connectivity index (χ0v) is 13.8. The van der Waals surface area contributed by atoms with Gasteiger partial charge in [0.25, 0.3) is 0 Å². The monoisotopic (exact) mass is 317 g/mol. The third-order valence-electron chi connectivity index (χ3n) is 3.99. The van der Waals surface area contributed by atoms with E-state index in [1.54, 1.807) is 11.1 Å². The molecule has 1 saturated heterocycles. The molecule has 7 nitrogen and oxygen atoms in total. The average molecular weight is 317 g/mol. The van der Waals surface area contributed by atoms with E-state index in [4.69, 9.17) is 10.5 Å². The lowest BCUT2D eigenvalue weighted by atomic mass is 9.94. The summed E-state index contributed by atoms with van der Waals surface area (Å²) in [5, 5.41) is 0. The summed E-state index contributed by atoms with van der Waals surface area (Å²) in [4.78, 5) is 22.5. The Kier molecular flexibility index (Phi) is 3.87. The van der Waals surface area contributed by atoms with E-state index in [9.17, 15) is 4.79 Å². The lowest BCUT2D eigenvalue weighted by Gasteiger charge is -2.32. The van der Waals surface area contributed by atoms with Crippen LogP contribution in [-0.4, -0.2) is 44.1 Å². The second-order valence-electron chi connectivity index (χ2n) is 6.95. The van der Waals surface area contributed by atoms with Crippen molar-refractivity contribution < 1.29 is 9.53 Å². The van der Waals surface area contributed by atoms with Gasteiger partial charge in [-0.15, -0.1) is 0 Å². The lowest BCUT2D eigenvalue weighted by Crippen LogP contribution is -2.41. The van der Waals surface area contributed by atoms with Crippen molar-refractivity contribution >= 4 is 17.6 Å². The smallest absolute Gasteiger partial charge is 0.410 e. The molecule has 23 heavy (non-hydrogen) atoms. The topological polar surface area (TPSA) is 85.8 Å². The van der Waals surface area contributed by atoms with Crippen molar-refractivity contribution in [2.75, 3.05) is 18.8 Å². The van der Waals surface area contributed by atoms with Crippen LogP contribution in [0.2, 0.25) is 0 Å². The molecule has 1 amide bonds. The van der Waals surface area contributed by atoms with E-state index in [0.717, 1.165) is 18.5 Å². The number of anilines is 1. The number of likely N-dealkylation sites (tertiary alicyclic amines) is 1. The molecule has 124 valence electrons. The number of hydrogen-bond acceptors (Lipinski definition) is 5. The maximum absolute atomic E-state index is 12.1. The van der Waals surface area contributed by atoms with E-state index in [0.29, 0.717) is 30.5 Å². The van der Waals surface area contributed by atoms with Crippen LogP contribution >= 0.6 is 0 Å². The van der Waals surface area contributed by atoms with Crippen LogP contribution < -0.4 is 5.73 Å². The number of carbonyl (C=O) groups is 1. The molecule has 1 fully saturated rings. The predicted octanol–water partition coefficient (Wildman–Crippen LogP) is 2.43. The predicted molar refractivity (Wildman–Crippen MR) is 87.2 cm³/mol. The molecule has 1 aliphatic rings. The van der Waals surface area contributed by atoms with Gasteiger partial charge in [0.15, 0.2) is 11.5 Å². The number of piperidine rings is 1. The summed E-state index contributed by atoms with van der Waals surface area (Å²) < 4.78 is 7.33. The number of ether oxygens (including phenoxy) is 1. The molecule has 0 saturated carbocycles. The molecule has 0 unspecified atom stereocenters. The lowest BCUT2D eigenvalue weighted by molar-refractivity contribution is 0.0204. The van der Waals surface area contributed by atoms with Gasteiger partial charge < -0.3 is 19.8 Å². The van der Waals surface area contributed by atoms with Crippen LogP contribution in [0.25, 0.3) is 5.65 Å². The molecule has 3 heterocycles. The summed E-state index contributed by atoms with van der Waals surface area (Å²) >= 11 is 0. The maximum atomic E-state index is 12.1. The van der Waals surface area contributed by atoms with Crippen LogP contribution in [-0.2, 0) is 4.74 Å². The first-order valence-corrected chi connectivity index (χ1v) is 7.90. The molecular weight excluding hydrogens is 294 g/mol. The summed E-state index contributed by atoms with van der Waals surface area (Å²) in [6.07, 6.45) is 7.02. The van der Waals surface area contributed by atoms with E-state index >= 15 is 0 Å². The molecule has 1 aliphatic heterocycles. The molecule has 0 bridgehead atoms. The van der Waals surface area contributed by atoms with Gasteiger partial charge in [0.2, 0.25) is 0 Å². The minimum Gasteiger partial charge on any atom is -0.444 e. The summed E-state index contributed by atoms with van der Waals surface area (Å²) in [5.41, 5.74) is 7.10. The van der Waals surface area contributed by atoms with Gasteiger partial charge in [0.05, 0.1) is 5.69 Å². The van der Waals surface area contributed by atoms with Gasteiger partial charge in [-0.25, -0.2) is 14.8 Å². The molecule has 2 aromatic rings. The van der Waals surface area contributed by atoms with Crippen molar-refractivity contribution in [1.29, 1.82) is 0 Å². The summed E-state index contributed by atoms with van der Waals surface area (Å²) in [6, 6.07) is 0. The average Bonchev–Trinajstić information content (AvgIpc) is 2.91. The molecule has 0 aromatic carbocycles. The second-order valence-corrected chi connectivity index (χ2v) is 6.95.